The summed E-state index contributed by atoms with van der Waals surface area (Å²) in [5, 5.41) is 12.2. The zero-order valence-electron chi connectivity index (χ0n) is 13.8. The van der Waals surface area contributed by atoms with Gasteiger partial charge in [-0.2, -0.15) is 0 Å². The van der Waals surface area contributed by atoms with Gasteiger partial charge in [-0.25, -0.2) is 9.18 Å². The van der Waals surface area contributed by atoms with Gasteiger partial charge in [0.05, 0.1) is 11.5 Å². The lowest BCUT2D eigenvalue weighted by molar-refractivity contribution is -0.139. The monoisotopic (exact) mass is 353 g/mol. The van der Waals surface area contributed by atoms with E-state index >= 15 is 0 Å². The molecular formula is C17H20FNO4S. The quantitative estimate of drug-likeness (QED) is 0.800. The molecule has 1 aromatic heterocycles. The Hall–Kier alpha value is -1.99. The summed E-state index contributed by atoms with van der Waals surface area (Å²) in [5.74, 6) is -1.91. The fourth-order valence-electron chi connectivity index (χ4n) is 2.55. The molecule has 2 N–H and O–H groups in total. The highest BCUT2D eigenvalue weighted by Gasteiger charge is 2.26. The van der Waals surface area contributed by atoms with Crippen molar-refractivity contribution < 1.29 is 23.8 Å². The number of amides is 1. The number of fused-ring (bicyclic) bond motifs is 1. The van der Waals surface area contributed by atoms with Crippen molar-refractivity contribution in [3.63, 3.8) is 0 Å². The average molecular weight is 353 g/mol. The van der Waals surface area contributed by atoms with E-state index in [1.165, 1.54) is 13.2 Å². The maximum atomic E-state index is 14.1. The Morgan fingerprint density at radius 3 is 2.67 bits per heavy atom. The Bertz CT molecular complexity index is 756. The first-order valence-corrected chi connectivity index (χ1v) is 8.39. The molecule has 0 bridgehead atoms. The molecule has 1 amide bonds. The number of benzene rings is 1. The average Bonchev–Trinajstić information content (AvgIpc) is 2.86. The number of ether oxygens (including phenoxy) is 1. The number of hydrogen-bond acceptors (Lipinski definition) is 4. The summed E-state index contributed by atoms with van der Waals surface area (Å²) >= 11 is 1.13. The Morgan fingerprint density at radius 2 is 2.08 bits per heavy atom. The van der Waals surface area contributed by atoms with Crippen LogP contribution in [0.1, 0.15) is 35.5 Å². The maximum absolute atomic E-state index is 14.1. The molecule has 0 aliphatic carbocycles. The van der Waals surface area contributed by atoms with Crippen LogP contribution in [0.2, 0.25) is 0 Å². The molecule has 1 heterocycles. The zero-order valence-corrected chi connectivity index (χ0v) is 14.6. The van der Waals surface area contributed by atoms with Crippen molar-refractivity contribution in [3.8, 4) is 0 Å². The van der Waals surface area contributed by atoms with E-state index < -0.39 is 23.7 Å². The van der Waals surface area contributed by atoms with E-state index in [9.17, 15) is 19.1 Å². The molecule has 0 spiro atoms. The summed E-state index contributed by atoms with van der Waals surface area (Å²) in [6.45, 7) is 3.84. The van der Waals surface area contributed by atoms with E-state index in [4.69, 9.17) is 4.74 Å². The van der Waals surface area contributed by atoms with Gasteiger partial charge in [0.2, 0.25) is 0 Å². The van der Waals surface area contributed by atoms with Gasteiger partial charge in [-0.15, -0.1) is 11.3 Å². The van der Waals surface area contributed by atoms with E-state index in [1.54, 1.807) is 12.1 Å². The molecule has 0 radical (unpaired) electrons. The molecule has 0 saturated heterocycles. The van der Waals surface area contributed by atoms with Crippen LogP contribution in [0.4, 0.5) is 4.39 Å². The van der Waals surface area contributed by atoms with Crippen LogP contribution in [0.5, 0.6) is 0 Å². The standard InChI is InChI=1S/C17H20FNO4S/c1-9(2)7-12(17(21)22)19-16(20)15-10(8-23-3)14-11(18)5-4-6-13(14)24-15/h4-6,9,12H,7-8H2,1-3H3,(H,19,20)(H,21,22)/t12-/m0/s1. The first-order chi connectivity index (χ1) is 11.3. The fourth-order valence-corrected chi connectivity index (χ4v) is 3.67. The Morgan fingerprint density at radius 1 is 1.38 bits per heavy atom. The summed E-state index contributed by atoms with van der Waals surface area (Å²) in [5.41, 5.74) is 0.446. The Labute approximate surface area is 143 Å². The van der Waals surface area contributed by atoms with Gasteiger partial charge in [-0.1, -0.05) is 19.9 Å². The van der Waals surface area contributed by atoms with Crippen molar-refractivity contribution in [2.24, 2.45) is 5.92 Å². The van der Waals surface area contributed by atoms with Gasteiger partial charge in [0.15, 0.2) is 0 Å². The van der Waals surface area contributed by atoms with Gasteiger partial charge in [-0.05, 0) is 24.5 Å². The third-order valence-electron chi connectivity index (χ3n) is 3.57. The second-order valence-corrected chi connectivity index (χ2v) is 7.00. The number of methoxy groups -OCH3 is 1. The molecular weight excluding hydrogens is 333 g/mol. The van der Waals surface area contributed by atoms with Gasteiger partial charge >= 0.3 is 5.97 Å². The van der Waals surface area contributed by atoms with Crippen molar-refractivity contribution in [3.05, 3.63) is 34.5 Å². The number of carboxylic acids is 1. The number of carbonyl (C=O) groups excluding carboxylic acids is 1. The molecule has 0 unspecified atom stereocenters. The molecule has 1 aromatic carbocycles. The highest BCUT2D eigenvalue weighted by molar-refractivity contribution is 7.21. The normalized spacial score (nSPS) is 12.5. The smallest absolute Gasteiger partial charge is 0.326 e. The van der Waals surface area contributed by atoms with E-state index in [-0.39, 0.29) is 17.4 Å². The lowest BCUT2D eigenvalue weighted by Crippen LogP contribution is -2.41. The van der Waals surface area contributed by atoms with Crippen LogP contribution in [0, 0.1) is 11.7 Å². The maximum Gasteiger partial charge on any atom is 0.326 e. The number of rotatable bonds is 7. The minimum Gasteiger partial charge on any atom is -0.480 e. The highest BCUT2D eigenvalue weighted by Crippen LogP contribution is 2.33. The van der Waals surface area contributed by atoms with Crippen LogP contribution >= 0.6 is 11.3 Å². The largest absolute Gasteiger partial charge is 0.480 e. The van der Waals surface area contributed by atoms with E-state index in [0.717, 1.165) is 11.3 Å². The molecule has 0 aliphatic rings. The molecule has 0 saturated carbocycles. The number of carboxylic acid groups (broad SMARTS) is 1. The first kappa shape index (κ1) is 18.4. The fraction of sp³-hybridized carbons (Fsp3) is 0.412. The first-order valence-electron chi connectivity index (χ1n) is 7.57. The van der Waals surface area contributed by atoms with Crippen molar-refractivity contribution in [2.75, 3.05) is 7.11 Å². The number of halogens is 1. The predicted molar refractivity (Wildman–Crippen MR) is 90.8 cm³/mol. The van der Waals surface area contributed by atoms with Gasteiger partial charge in [0.1, 0.15) is 11.9 Å². The number of carbonyl (C=O) groups is 2. The van der Waals surface area contributed by atoms with Crippen LogP contribution in [-0.2, 0) is 16.1 Å². The number of aliphatic carboxylic acids is 1. The second kappa shape index (κ2) is 7.72. The minimum atomic E-state index is -1.09. The second-order valence-electron chi connectivity index (χ2n) is 5.95. The minimum absolute atomic E-state index is 0.0750. The Balaban J connectivity index is 2.39. The topological polar surface area (TPSA) is 75.6 Å². The molecule has 2 rings (SSSR count). The van der Waals surface area contributed by atoms with Gasteiger partial charge in [0, 0.05) is 22.8 Å². The molecule has 0 fully saturated rings. The van der Waals surface area contributed by atoms with Crippen molar-refractivity contribution in [1.29, 1.82) is 0 Å². The third kappa shape index (κ3) is 3.91. The molecule has 7 heteroatoms. The third-order valence-corrected chi connectivity index (χ3v) is 4.76. The zero-order chi connectivity index (χ0) is 17.9. The highest BCUT2D eigenvalue weighted by atomic mass is 32.1. The van der Waals surface area contributed by atoms with Crippen LogP contribution < -0.4 is 5.32 Å². The van der Waals surface area contributed by atoms with Crippen LogP contribution in [0.25, 0.3) is 10.1 Å². The van der Waals surface area contributed by atoms with E-state index in [1.807, 2.05) is 13.8 Å². The summed E-state index contributed by atoms with van der Waals surface area (Å²) in [7, 11) is 1.46. The van der Waals surface area contributed by atoms with Crippen LogP contribution in [0.3, 0.4) is 0 Å². The molecule has 130 valence electrons. The van der Waals surface area contributed by atoms with Crippen LogP contribution in [0.15, 0.2) is 18.2 Å². The molecule has 5 nitrogen and oxygen atoms in total. The lowest BCUT2D eigenvalue weighted by Gasteiger charge is -2.16. The van der Waals surface area contributed by atoms with Crippen molar-refractivity contribution >= 4 is 33.3 Å². The summed E-state index contributed by atoms with van der Waals surface area (Å²) < 4.78 is 19.9. The van der Waals surface area contributed by atoms with Gasteiger partial charge in [-0.3, -0.25) is 4.79 Å². The van der Waals surface area contributed by atoms with Crippen molar-refractivity contribution in [2.45, 2.75) is 32.9 Å². The molecule has 2 aromatic rings. The number of nitrogens with one attached hydrogen (secondary N) is 1. The molecule has 24 heavy (non-hydrogen) atoms. The number of hydrogen-bond donors (Lipinski definition) is 2. The summed E-state index contributed by atoms with van der Waals surface area (Å²) in [6, 6.07) is 3.64. The number of thiophene rings is 1. The summed E-state index contributed by atoms with van der Waals surface area (Å²) in [4.78, 5) is 24.2. The van der Waals surface area contributed by atoms with E-state index in [2.05, 4.69) is 5.32 Å². The van der Waals surface area contributed by atoms with E-state index in [0.29, 0.717) is 22.1 Å². The molecule has 0 aliphatic heterocycles. The van der Waals surface area contributed by atoms with Crippen LogP contribution in [-0.4, -0.2) is 30.1 Å². The predicted octanol–water partition coefficient (Wildman–Crippen LogP) is 3.42. The Kier molecular flexibility index (Phi) is 5.90. The lowest BCUT2D eigenvalue weighted by atomic mass is 10.0. The SMILES string of the molecule is COCc1c(C(=O)N[C@@H](CC(C)C)C(=O)O)sc2cccc(F)c12. The van der Waals surface area contributed by atoms with Gasteiger partial charge < -0.3 is 15.2 Å². The molecule has 1 atom stereocenters. The summed E-state index contributed by atoms with van der Waals surface area (Å²) in [6.07, 6.45) is 0.319. The van der Waals surface area contributed by atoms with Gasteiger partial charge in [0.25, 0.3) is 5.91 Å². The van der Waals surface area contributed by atoms with Crippen molar-refractivity contribution in [1.82, 2.24) is 5.32 Å².